The normalized spacial score (nSPS) is 60.8. The minimum absolute atomic E-state index is 0.438. The van der Waals surface area contributed by atoms with Crippen molar-refractivity contribution in [2.75, 3.05) is 13.1 Å². The first-order chi connectivity index (χ1) is 3.66. The van der Waals surface area contributed by atoms with Crippen LogP contribution < -0.4 is 10.6 Å². The maximum atomic E-state index is 3.46. The van der Waals surface area contributed by atoms with Gasteiger partial charge in [0.15, 0.2) is 0 Å². The third kappa shape index (κ3) is 0.327. The van der Waals surface area contributed by atoms with Gasteiger partial charge in [-0.15, -0.1) is 0 Å². The molecule has 0 aliphatic carbocycles. The minimum Gasteiger partial charge on any atom is -0.313 e. The van der Waals surface area contributed by atoms with Crippen LogP contribution >= 0.6 is 0 Å². The van der Waals surface area contributed by atoms with Crippen molar-refractivity contribution in [2.24, 2.45) is 0 Å². The zero-order chi connectivity index (χ0) is 5.83. The number of piperazine rings is 1. The largest absolute Gasteiger partial charge is 0.313 e. The van der Waals surface area contributed by atoms with Crippen LogP contribution in [0.1, 0.15) is 13.8 Å². The molecule has 2 rings (SSSR count). The highest BCUT2D eigenvalue weighted by molar-refractivity contribution is 5.27. The van der Waals surface area contributed by atoms with Crippen LogP contribution in [0.4, 0.5) is 0 Å². The lowest BCUT2D eigenvalue weighted by Gasteiger charge is -1.97. The first-order valence-corrected chi connectivity index (χ1v) is 3.16. The molecule has 2 unspecified atom stereocenters. The average Bonchev–Trinajstić information content (AvgIpc) is 2.00. The summed E-state index contributed by atoms with van der Waals surface area (Å²) in [6.07, 6.45) is 0. The highest BCUT2D eigenvalue weighted by Gasteiger charge is 2.63. The molecular formula is C6H12N2. The van der Waals surface area contributed by atoms with Crippen LogP contribution in [-0.2, 0) is 0 Å². The topological polar surface area (TPSA) is 34.0 Å². The molecule has 2 aliphatic rings. The van der Waals surface area contributed by atoms with Gasteiger partial charge >= 0.3 is 0 Å². The number of hydrogen-bond acceptors (Lipinski definition) is 2. The zero-order valence-electron chi connectivity index (χ0n) is 5.41. The standard InChI is InChI=1S/C6H12N2/c1-5-3-7-4-6(5,2)8-5/h7-8H,3-4H2,1-2H3. The molecule has 0 aromatic carbocycles. The molecule has 0 amide bonds. The van der Waals surface area contributed by atoms with E-state index in [0.717, 1.165) is 13.1 Å². The van der Waals surface area contributed by atoms with E-state index in [-0.39, 0.29) is 0 Å². The molecule has 2 atom stereocenters. The van der Waals surface area contributed by atoms with Crippen LogP contribution in [-0.4, -0.2) is 24.2 Å². The van der Waals surface area contributed by atoms with Crippen LogP contribution in [0, 0.1) is 0 Å². The maximum Gasteiger partial charge on any atom is 0.0476 e. The Bertz CT molecular complexity index is 112. The molecule has 2 fully saturated rings. The summed E-state index contributed by atoms with van der Waals surface area (Å²) in [5, 5.41) is 6.80. The summed E-state index contributed by atoms with van der Waals surface area (Å²) in [5.41, 5.74) is 0.875. The summed E-state index contributed by atoms with van der Waals surface area (Å²) >= 11 is 0. The van der Waals surface area contributed by atoms with Gasteiger partial charge in [-0.05, 0) is 13.8 Å². The van der Waals surface area contributed by atoms with Gasteiger partial charge in [-0.2, -0.15) is 0 Å². The second-order valence-corrected chi connectivity index (χ2v) is 3.39. The molecule has 2 N–H and O–H groups in total. The molecule has 0 saturated carbocycles. The Labute approximate surface area is 49.7 Å². The number of hydrogen-bond donors (Lipinski definition) is 2. The first kappa shape index (κ1) is 4.77. The summed E-state index contributed by atoms with van der Waals surface area (Å²) in [6.45, 7) is 6.83. The van der Waals surface area contributed by atoms with Crippen molar-refractivity contribution in [3.63, 3.8) is 0 Å². The fraction of sp³-hybridized carbons (Fsp3) is 1.00. The highest BCUT2D eigenvalue weighted by atomic mass is 15.3. The van der Waals surface area contributed by atoms with Crippen LogP contribution in [0.3, 0.4) is 0 Å². The van der Waals surface area contributed by atoms with E-state index in [4.69, 9.17) is 0 Å². The van der Waals surface area contributed by atoms with Gasteiger partial charge in [0, 0.05) is 24.2 Å². The van der Waals surface area contributed by atoms with Gasteiger partial charge in [0.1, 0.15) is 0 Å². The maximum absolute atomic E-state index is 3.46. The summed E-state index contributed by atoms with van der Waals surface area (Å²) in [6, 6.07) is 0. The Morgan fingerprint density at radius 2 is 1.62 bits per heavy atom. The SMILES string of the molecule is CC12CNCC1(C)N2. The molecule has 0 bridgehead atoms. The van der Waals surface area contributed by atoms with Gasteiger partial charge in [0.2, 0.25) is 0 Å². The average molecular weight is 112 g/mol. The van der Waals surface area contributed by atoms with Crippen molar-refractivity contribution in [1.29, 1.82) is 0 Å². The Kier molecular flexibility index (Phi) is 0.570. The molecule has 0 aromatic rings. The lowest BCUT2D eigenvalue weighted by Crippen LogP contribution is -2.25. The van der Waals surface area contributed by atoms with Crippen LogP contribution in [0.2, 0.25) is 0 Å². The Morgan fingerprint density at radius 1 is 1.12 bits per heavy atom. The van der Waals surface area contributed by atoms with Crippen LogP contribution in [0.5, 0.6) is 0 Å². The minimum atomic E-state index is 0.438. The van der Waals surface area contributed by atoms with E-state index >= 15 is 0 Å². The second-order valence-electron chi connectivity index (χ2n) is 3.39. The molecule has 2 heterocycles. The first-order valence-electron chi connectivity index (χ1n) is 3.16. The second kappa shape index (κ2) is 0.957. The quantitative estimate of drug-likeness (QED) is 0.422. The molecule has 2 saturated heterocycles. The number of nitrogens with one attached hydrogen (secondary N) is 2. The molecule has 2 aliphatic heterocycles. The van der Waals surface area contributed by atoms with E-state index in [9.17, 15) is 0 Å². The van der Waals surface area contributed by atoms with Crippen LogP contribution in [0.15, 0.2) is 0 Å². The molecule has 0 spiro atoms. The third-order valence-electron chi connectivity index (χ3n) is 2.66. The molecule has 2 heteroatoms. The van der Waals surface area contributed by atoms with Gasteiger partial charge in [-0.1, -0.05) is 0 Å². The Hall–Kier alpha value is -0.0800. The summed E-state index contributed by atoms with van der Waals surface area (Å²) in [7, 11) is 0. The third-order valence-corrected chi connectivity index (χ3v) is 2.66. The number of fused-ring (bicyclic) bond motifs is 1. The van der Waals surface area contributed by atoms with Crippen molar-refractivity contribution in [3.8, 4) is 0 Å². The summed E-state index contributed by atoms with van der Waals surface area (Å²) in [5.74, 6) is 0. The lowest BCUT2D eigenvalue weighted by atomic mass is 10.0. The highest BCUT2D eigenvalue weighted by Crippen LogP contribution is 2.40. The molecule has 8 heavy (non-hydrogen) atoms. The van der Waals surface area contributed by atoms with E-state index in [1.54, 1.807) is 0 Å². The van der Waals surface area contributed by atoms with Crippen LogP contribution in [0.25, 0.3) is 0 Å². The fourth-order valence-electron chi connectivity index (χ4n) is 1.62. The van der Waals surface area contributed by atoms with E-state index in [1.807, 2.05) is 0 Å². The van der Waals surface area contributed by atoms with Gasteiger partial charge in [0.25, 0.3) is 0 Å². The molecule has 46 valence electrons. The van der Waals surface area contributed by atoms with Crippen molar-refractivity contribution in [1.82, 2.24) is 10.6 Å². The van der Waals surface area contributed by atoms with Crippen molar-refractivity contribution < 1.29 is 0 Å². The predicted molar refractivity (Wildman–Crippen MR) is 32.8 cm³/mol. The molecule has 0 aromatic heterocycles. The molecular weight excluding hydrogens is 100 g/mol. The van der Waals surface area contributed by atoms with E-state index in [1.165, 1.54) is 0 Å². The van der Waals surface area contributed by atoms with Gasteiger partial charge in [-0.25, -0.2) is 0 Å². The van der Waals surface area contributed by atoms with Crippen molar-refractivity contribution >= 4 is 0 Å². The van der Waals surface area contributed by atoms with E-state index in [0.29, 0.717) is 11.1 Å². The fourth-order valence-corrected chi connectivity index (χ4v) is 1.62. The van der Waals surface area contributed by atoms with Crippen molar-refractivity contribution in [2.45, 2.75) is 24.9 Å². The molecule has 2 nitrogen and oxygen atoms in total. The smallest absolute Gasteiger partial charge is 0.0476 e. The predicted octanol–water partition coefficient (Wildman–Crippen LogP) is -0.290. The van der Waals surface area contributed by atoms with E-state index < -0.39 is 0 Å². The Balaban J connectivity index is 2.26. The van der Waals surface area contributed by atoms with Crippen molar-refractivity contribution in [3.05, 3.63) is 0 Å². The summed E-state index contributed by atoms with van der Waals surface area (Å²) < 4.78 is 0. The number of rotatable bonds is 0. The lowest BCUT2D eigenvalue weighted by molar-refractivity contribution is 0.644. The summed E-state index contributed by atoms with van der Waals surface area (Å²) in [4.78, 5) is 0. The molecule has 0 radical (unpaired) electrons. The zero-order valence-corrected chi connectivity index (χ0v) is 5.41. The van der Waals surface area contributed by atoms with Gasteiger partial charge < -0.3 is 10.6 Å². The monoisotopic (exact) mass is 112 g/mol. The van der Waals surface area contributed by atoms with Gasteiger partial charge in [-0.3, -0.25) is 0 Å². The van der Waals surface area contributed by atoms with E-state index in [2.05, 4.69) is 24.5 Å². The Morgan fingerprint density at radius 3 is 1.75 bits per heavy atom. The van der Waals surface area contributed by atoms with Gasteiger partial charge in [0.05, 0.1) is 0 Å².